The van der Waals surface area contributed by atoms with Crippen LogP contribution in [0.1, 0.15) is 19.8 Å². The highest BCUT2D eigenvalue weighted by atomic mass is 35.5. The average molecular weight is 226 g/mol. The molecule has 0 aromatic rings. The second kappa shape index (κ2) is 4.43. The van der Waals surface area contributed by atoms with Crippen LogP contribution < -0.4 is 0 Å². The molecule has 2 nitrogen and oxygen atoms in total. The third kappa shape index (κ3) is 2.80. The van der Waals surface area contributed by atoms with Gasteiger partial charge in [-0.05, 0) is 19.8 Å². The maximum absolute atomic E-state index is 13.0. The Kier molecular flexibility index (Phi) is 3.70. The molecule has 0 saturated carbocycles. The van der Waals surface area contributed by atoms with Gasteiger partial charge in [-0.15, -0.1) is 11.6 Å². The highest BCUT2D eigenvalue weighted by molar-refractivity contribution is 6.27. The van der Waals surface area contributed by atoms with Crippen LogP contribution in [0.4, 0.5) is 8.78 Å². The van der Waals surface area contributed by atoms with Crippen LogP contribution in [0.15, 0.2) is 0 Å². The fourth-order valence-corrected chi connectivity index (χ4v) is 1.87. The van der Waals surface area contributed by atoms with Crippen molar-refractivity contribution in [2.75, 3.05) is 19.0 Å². The minimum absolute atomic E-state index is 0.123. The SMILES string of the molecule is CC(F)(F)[C@H]1CCCN(C(=O)CCl)C1. The fraction of sp³-hybridized carbons (Fsp3) is 0.889. The lowest BCUT2D eigenvalue weighted by Crippen LogP contribution is -2.45. The van der Waals surface area contributed by atoms with Gasteiger partial charge in [0.1, 0.15) is 5.88 Å². The summed E-state index contributed by atoms with van der Waals surface area (Å²) >= 11 is 5.37. The summed E-state index contributed by atoms with van der Waals surface area (Å²) in [7, 11) is 0. The van der Waals surface area contributed by atoms with Gasteiger partial charge >= 0.3 is 0 Å². The van der Waals surface area contributed by atoms with Crippen molar-refractivity contribution in [2.45, 2.75) is 25.7 Å². The average Bonchev–Trinajstić information content (AvgIpc) is 2.15. The number of hydrogen-bond acceptors (Lipinski definition) is 1. The summed E-state index contributed by atoms with van der Waals surface area (Å²) in [6.07, 6.45) is 1.12. The minimum Gasteiger partial charge on any atom is -0.341 e. The van der Waals surface area contributed by atoms with Crippen molar-refractivity contribution < 1.29 is 13.6 Å². The van der Waals surface area contributed by atoms with Crippen LogP contribution in [0.3, 0.4) is 0 Å². The zero-order chi connectivity index (χ0) is 10.8. The van der Waals surface area contributed by atoms with Crippen molar-refractivity contribution in [3.63, 3.8) is 0 Å². The van der Waals surface area contributed by atoms with Gasteiger partial charge in [0.05, 0.1) is 0 Å². The third-order valence-corrected chi connectivity index (χ3v) is 2.83. The number of hydrogen-bond donors (Lipinski definition) is 0. The molecule has 1 aliphatic rings. The maximum atomic E-state index is 13.0. The van der Waals surface area contributed by atoms with E-state index in [9.17, 15) is 13.6 Å². The summed E-state index contributed by atoms with van der Waals surface area (Å²) in [6.45, 7) is 1.60. The molecule has 0 aromatic heterocycles. The van der Waals surface area contributed by atoms with E-state index in [0.717, 1.165) is 6.92 Å². The molecular formula is C9H14ClF2NO. The van der Waals surface area contributed by atoms with Gasteiger partial charge in [0.25, 0.3) is 0 Å². The summed E-state index contributed by atoms with van der Waals surface area (Å²) in [5.74, 6) is -3.79. The van der Waals surface area contributed by atoms with Gasteiger partial charge in [0.2, 0.25) is 11.8 Å². The Morgan fingerprint density at radius 1 is 1.64 bits per heavy atom. The lowest BCUT2D eigenvalue weighted by Gasteiger charge is -2.35. The van der Waals surface area contributed by atoms with Crippen LogP contribution in [-0.2, 0) is 4.79 Å². The number of alkyl halides is 3. The molecule has 1 fully saturated rings. The van der Waals surface area contributed by atoms with Crippen molar-refractivity contribution in [3.8, 4) is 0 Å². The number of carbonyl (C=O) groups excluding carboxylic acids is 1. The van der Waals surface area contributed by atoms with E-state index in [1.807, 2.05) is 0 Å². The van der Waals surface area contributed by atoms with E-state index in [-0.39, 0.29) is 18.3 Å². The molecule has 1 rings (SSSR count). The molecule has 14 heavy (non-hydrogen) atoms. The predicted octanol–water partition coefficient (Wildman–Crippen LogP) is 2.12. The molecule has 1 atom stereocenters. The summed E-state index contributed by atoms with van der Waals surface area (Å²) < 4.78 is 26.0. The third-order valence-electron chi connectivity index (χ3n) is 2.61. The molecule has 0 aliphatic carbocycles. The van der Waals surface area contributed by atoms with Crippen molar-refractivity contribution >= 4 is 17.5 Å². The maximum Gasteiger partial charge on any atom is 0.249 e. The molecular weight excluding hydrogens is 212 g/mol. The Balaban J connectivity index is 2.56. The Morgan fingerprint density at radius 2 is 2.29 bits per heavy atom. The minimum atomic E-state index is -2.70. The van der Waals surface area contributed by atoms with Gasteiger partial charge in [-0.3, -0.25) is 4.79 Å². The smallest absolute Gasteiger partial charge is 0.249 e. The number of rotatable bonds is 2. The first-order chi connectivity index (χ1) is 6.45. The van der Waals surface area contributed by atoms with Gasteiger partial charge < -0.3 is 4.90 Å². The quantitative estimate of drug-likeness (QED) is 0.660. The van der Waals surface area contributed by atoms with Crippen LogP contribution in [0.25, 0.3) is 0 Å². The molecule has 0 bridgehead atoms. The first-order valence-electron chi connectivity index (χ1n) is 4.66. The molecule has 0 spiro atoms. The van der Waals surface area contributed by atoms with Gasteiger partial charge in [0, 0.05) is 19.0 Å². The summed E-state index contributed by atoms with van der Waals surface area (Å²) in [5, 5.41) is 0. The predicted molar refractivity (Wildman–Crippen MR) is 50.6 cm³/mol. The Morgan fingerprint density at radius 3 is 2.79 bits per heavy atom. The van der Waals surface area contributed by atoms with Gasteiger partial charge in [-0.2, -0.15) is 0 Å². The first-order valence-corrected chi connectivity index (χ1v) is 5.20. The Bertz CT molecular complexity index is 217. The van der Waals surface area contributed by atoms with Crippen LogP contribution in [-0.4, -0.2) is 35.7 Å². The van der Waals surface area contributed by atoms with E-state index in [0.29, 0.717) is 19.4 Å². The highest BCUT2D eigenvalue weighted by Crippen LogP contribution is 2.31. The topological polar surface area (TPSA) is 20.3 Å². The molecule has 1 heterocycles. The van der Waals surface area contributed by atoms with E-state index < -0.39 is 11.8 Å². The van der Waals surface area contributed by atoms with Gasteiger partial charge in [-0.25, -0.2) is 8.78 Å². The van der Waals surface area contributed by atoms with Crippen molar-refractivity contribution in [3.05, 3.63) is 0 Å². The molecule has 0 unspecified atom stereocenters. The number of nitrogens with zero attached hydrogens (tertiary/aromatic N) is 1. The molecule has 1 saturated heterocycles. The number of piperidine rings is 1. The first kappa shape index (κ1) is 11.7. The number of likely N-dealkylation sites (tertiary alicyclic amines) is 1. The van der Waals surface area contributed by atoms with E-state index in [2.05, 4.69) is 0 Å². The zero-order valence-corrected chi connectivity index (χ0v) is 8.86. The Labute approximate surface area is 87.2 Å². The second-order valence-electron chi connectivity index (χ2n) is 3.77. The lowest BCUT2D eigenvalue weighted by molar-refractivity contribution is -0.134. The van der Waals surface area contributed by atoms with Crippen molar-refractivity contribution in [1.29, 1.82) is 0 Å². The molecule has 0 aromatic carbocycles. The van der Waals surface area contributed by atoms with Crippen LogP contribution in [0.5, 0.6) is 0 Å². The van der Waals surface area contributed by atoms with Crippen molar-refractivity contribution in [1.82, 2.24) is 4.90 Å². The number of amides is 1. The molecule has 82 valence electrons. The molecule has 1 aliphatic heterocycles. The Hall–Kier alpha value is -0.380. The zero-order valence-electron chi connectivity index (χ0n) is 8.10. The lowest BCUT2D eigenvalue weighted by atomic mass is 9.92. The standard InChI is InChI=1S/C9H14ClF2NO/c1-9(11,12)7-3-2-4-13(6-7)8(14)5-10/h7H,2-6H2,1H3/t7-/m0/s1. The second-order valence-corrected chi connectivity index (χ2v) is 4.04. The van der Waals surface area contributed by atoms with Crippen molar-refractivity contribution in [2.24, 2.45) is 5.92 Å². The largest absolute Gasteiger partial charge is 0.341 e. The summed E-state index contributed by atoms with van der Waals surface area (Å²) in [5.41, 5.74) is 0. The van der Waals surface area contributed by atoms with E-state index in [1.165, 1.54) is 4.90 Å². The molecule has 5 heteroatoms. The van der Waals surface area contributed by atoms with E-state index in [4.69, 9.17) is 11.6 Å². The van der Waals surface area contributed by atoms with Crippen LogP contribution in [0, 0.1) is 5.92 Å². The normalized spacial score (nSPS) is 23.7. The molecule has 0 N–H and O–H groups in total. The van der Waals surface area contributed by atoms with E-state index >= 15 is 0 Å². The van der Waals surface area contributed by atoms with Crippen LogP contribution >= 0.6 is 11.6 Å². The number of halogens is 3. The van der Waals surface area contributed by atoms with Gasteiger partial charge in [0.15, 0.2) is 0 Å². The van der Waals surface area contributed by atoms with E-state index in [1.54, 1.807) is 0 Å². The summed E-state index contributed by atoms with van der Waals surface area (Å²) in [4.78, 5) is 12.6. The molecule has 0 radical (unpaired) electrons. The highest BCUT2D eigenvalue weighted by Gasteiger charge is 2.37. The van der Waals surface area contributed by atoms with Gasteiger partial charge in [-0.1, -0.05) is 0 Å². The fourth-order valence-electron chi connectivity index (χ4n) is 1.70. The van der Waals surface area contributed by atoms with Crippen LogP contribution in [0.2, 0.25) is 0 Å². The summed E-state index contributed by atoms with van der Waals surface area (Å²) in [6, 6.07) is 0. The monoisotopic (exact) mass is 225 g/mol. The molecule has 1 amide bonds. The number of carbonyl (C=O) groups is 1.